The Morgan fingerprint density at radius 3 is 2.74 bits per heavy atom. The number of nitrogens with one attached hydrogen (secondary N) is 1. The third kappa shape index (κ3) is 4.53. The average molecular weight is 378 g/mol. The van der Waals surface area contributed by atoms with E-state index in [0.29, 0.717) is 5.69 Å². The molecule has 2 aromatic rings. The van der Waals surface area contributed by atoms with E-state index in [-0.39, 0.29) is 5.75 Å². The monoisotopic (exact) mass is 378 g/mol. The van der Waals surface area contributed by atoms with Crippen LogP contribution in [0.5, 0.6) is 5.75 Å². The molecular weight excluding hydrogens is 357 g/mol. The van der Waals surface area contributed by atoms with Crippen molar-refractivity contribution in [3.63, 3.8) is 0 Å². The molecule has 0 spiro atoms. The van der Waals surface area contributed by atoms with Gasteiger partial charge in [0.2, 0.25) is 0 Å². The van der Waals surface area contributed by atoms with Gasteiger partial charge in [-0.3, -0.25) is 4.79 Å². The van der Waals surface area contributed by atoms with Crippen LogP contribution in [-0.2, 0) is 17.4 Å². The van der Waals surface area contributed by atoms with E-state index in [4.69, 9.17) is 4.74 Å². The minimum absolute atomic E-state index is 0.00218. The molecule has 0 aromatic heterocycles. The summed E-state index contributed by atoms with van der Waals surface area (Å²) >= 11 is 0. The van der Waals surface area contributed by atoms with Crippen LogP contribution in [-0.4, -0.2) is 25.6 Å². The summed E-state index contributed by atoms with van der Waals surface area (Å²) in [7, 11) is 2.00. The first kappa shape index (κ1) is 19.1. The summed E-state index contributed by atoms with van der Waals surface area (Å²) < 4.78 is 43.7. The lowest BCUT2D eigenvalue weighted by atomic mass is 10.0. The minimum atomic E-state index is -4.46. The van der Waals surface area contributed by atoms with Gasteiger partial charge in [0.25, 0.3) is 5.91 Å². The second kappa shape index (κ2) is 7.50. The molecule has 1 amide bonds. The molecular formula is C20H21F3N2O2. The summed E-state index contributed by atoms with van der Waals surface area (Å²) in [6, 6.07) is 10.2. The standard InChI is InChI=1S/C20H21F3N2O2/c1-13(27-17-7-3-6-15(11-17)20(21,22)23)19(26)24-16-9-8-14-5-4-10-25(2)18(14)12-16/h3,6-9,11-13H,4-5,10H2,1-2H3,(H,24,26)/t13-/m0/s1. The van der Waals surface area contributed by atoms with Crippen molar-refractivity contribution in [3.8, 4) is 5.75 Å². The molecule has 144 valence electrons. The first-order chi connectivity index (χ1) is 12.7. The number of hydrogen-bond acceptors (Lipinski definition) is 3. The summed E-state index contributed by atoms with van der Waals surface area (Å²) in [5.41, 5.74) is 2.12. The van der Waals surface area contributed by atoms with Crippen molar-refractivity contribution >= 4 is 17.3 Å². The fourth-order valence-corrected chi connectivity index (χ4v) is 3.08. The lowest BCUT2D eigenvalue weighted by molar-refractivity contribution is -0.137. The van der Waals surface area contributed by atoms with Crippen molar-refractivity contribution in [1.29, 1.82) is 0 Å². The molecule has 0 radical (unpaired) electrons. The Hall–Kier alpha value is -2.70. The van der Waals surface area contributed by atoms with Crippen LogP contribution in [0.15, 0.2) is 42.5 Å². The quantitative estimate of drug-likeness (QED) is 0.852. The highest BCUT2D eigenvalue weighted by atomic mass is 19.4. The topological polar surface area (TPSA) is 41.6 Å². The Labute approximate surface area is 155 Å². The molecule has 2 aromatic carbocycles. The number of ether oxygens (including phenoxy) is 1. The largest absolute Gasteiger partial charge is 0.481 e. The van der Waals surface area contributed by atoms with Crippen LogP contribution in [0.25, 0.3) is 0 Å². The van der Waals surface area contributed by atoms with Crippen LogP contribution in [0.1, 0.15) is 24.5 Å². The highest BCUT2D eigenvalue weighted by Gasteiger charge is 2.31. The molecule has 1 aliphatic rings. The van der Waals surface area contributed by atoms with Gasteiger partial charge in [-0.25, -0.2) is 0 Å². The highest BCUT2D eigenvalue weighted by Crippen LogP contribution is 2.32. The van der Waals surface area contributed by atoms with Crippen LogP contribution in [0, 0.1) is 0 Å². The molecule has 1 N–H and O–H groups in total. The average Bonchev–Trinajstić information content (AvgIpc) is 2.62. The molecule has 27 heavy (non-hydrogen) atoms. The maximum Gasteiger partial charge on any atom is 0.416 e. The number of benzene rings is 2. The van der Waals surface area contributed by atoms with Crippen LogP contribution in [0.3, 0.4) is 0 Å². The number of halogens is 3. The minimum Gasteiger partial charge on any atom is -0.481 e. The van der Waals surface area contributed by atoms with Crippen LogP contribution in [0.4, 0.5) is 24.5 Å². The first-order valence-corrected chi connectivity index (χ1v) is 8.73. The van der Waals surface area contributed by atoms with Gasteiger partial charge in [0, 0.05) is 25.0 Å². The number of hydrogen-bond donors (Lipinski definition) is 1. The summed E-state index contributed by atoms with van der Waals surface area (Å²) in [4.78, 5) is 14.5. The Balaban J connectivity index is 1.67. The van der Waals surface area contributed by atoms with Gasteiger partial charge in [-0.1, -0.05) is 12.1 Å². The SMILES string of the molecule is C[C@H](Oc1cccc(C(F)(F)F)c1)C(=O)Nc1ccc2c(c1)N(C)CCC2. The fourth-order valence-electron chi connectivity index (χ4n) is 3.08. The van der Waals surface area contributed by atoms with Gasteiger partial charge in [0.1, 0.15) is 5.75 Å². The number of anilines is 2. The highest BCUT2D eigenvalue weighted by molar-refractivity contribution is 5.94. The van der Waals surface area contributed by atoms with Crippen LogP contribution < -0.4 is 15.0 Å². The predicted octanol–water partition coefficient (Wildman–Crippen LogP) is 4.49. The second-order valence-corrected chi connectivity index (χ2v) is 6.64. The van der Waals surface area contributed by atoms with Gasteiger partial charge in [-0.15, -0.1) is 0 Å². The molecule has 0 bridgehead atoms. The zero-order valence-electron chi connectivity index (χ0n) is 15.1. The van der Waals surface area contributed by atoms with Gasteiger partial charge >= 0.3 is 6.18 Å². The van der Waals surface area contributed by atoms with Crippen LogP contribution in [0.2, 0.25) is 0 Å². The van der Waals surface area contributed by atoms with E-state index in [0.717, 1.165) is 37.2 Å². The van der Waals surface area contributed by atoms with Crippen molar-refractivity contribution < 1.29 is 22.7 Å². The molecule has 0 aliphatic carbocycles. The van der Waals surface area contributed by atoms with Gasteiger partial charge in [-0.05, 0) is 55.7 Å². The van der Waals surface area contributed by atoms with Gasteiger partial charge in [-0.2, -0.15) is 13.2 Å². The number of carbonyl (C=O) groups is 1. The Kier molecular flexibility index (Phi) is 5.30. The number of fused-ring (bicyclic) bond motifs is 1. The third-order valence-corrected chi connectivity index (χ3v) is 4.55. The van der Waals surface area contributed by atoms with E-state index >= 15 is 0 Å². The van der Waals surface area contributed by atoms with Crippen molar-refractivity contribution in [3.05, 3.63) is 53.6 Å². The van der Waals surface area contributed by atoms with E-state index in [1.54, 1.807) is 0 Å². The molecule has 1 atom stereocenters. The Morgan fingerprint density at radius 1 is 1.22 bits per heavy atom. The molecule has 7 heteroatoms. The summed E-state index contributed by atoms with van der Waals surface area (Å²) in [5, 5.41) is 2.76. The third-order valence-electron chi connectivity index (χ3n) is 4.55. The van der Waals surface area contributed by atoms with Crippen molar-refractivity contribution in [1.82, 2.24) is 0 Å². The molecule has 3 rings (SSSR count). The van der Waals surface area contributed by atoms with E-state index in [9.17, 15) is 18.0 Å². The molecule has 0 saturated carbocycles. The normalized spacial score (nSPS) is 15.1. The number of alkyl halides is 3. The van der Waals surface area contributed by atoms with Gasteiger partial charge < -0.3 is 15.0 Å². The van der Waals surface area contributed by atoms with E-state index < -0.39 is 23.8 Å². The molecule has 0 saturated heterocycles. The number of amides is 1. The summed E-state index contributed by atoms with van der Waals surface area (Å²) in [5.74, 6) is -0.427. The number of carbonyl (C=O) groups excluding carboxylic acids is 1. The van der Waals surface area contributed by atoms with Gasteiger partial charge in [0.15, 0.2) is 6.10 Å². The summed E-state index contributed by atoms with van der Waals surface area (Å²) in [6.07, 6.45) is -3.30. The van der Waals surface area contributed by atoms with Crippen molar-refractivity contribution in [2.75, 3.05) is 23.8 Å². The molecule has 1 aliphatic heterocycles. The molecule has 1 heterocycles. The fraction of sp³-hybridized carbons (Fsp3) is 0.350. The number of aryl methyl sites for hydroxylation is 1. The van der Waals surface area contributed by atoms with Crippen molar-refractivity contribution in [2.24, 2.45) is 0 Å². The first-order valence-electron chi connectivity index (χ1n) is 8.73. The van der Waals surface area contributed by atoms with Gasteiger partial charge in [0.05, 0.1) is 5.56 Å². The van der Waals surface area contributed by atoms with E-state index in [2.05, 4.69) is 10.2 Å². The zero-order valence-corrected chi connectivity index (χ0v) is 15.1. The Bertz CT molecular complexity index is 836. The molecule has 4 nitrogen and oxygen atoms in total. The predicted molar refractivity (Wildman–Crippen MR) is 98.2 cm³/mol. The molecule has 0 fully saturated rings. The number of rotatable bonds is 4. The summed E-state index contributed by atoms with van der Waals surface area (Å²) in [6.45, 7) is 2.46. The maximum atomic E-state index is 12.8. The maximum absolute atomic E-state index is 12.8. The zero-order chi connectivity index (χ0) is 19.6. The Morgan fingerprint density at radius 2 is 2.00 bits per heavy atom. The molecule has 0 unspecified atom stereocenters. The van der Waals surface area contributed by atoms with Crippen LogP contribution >= 0.6 is 0 Å². The number of nitrogens with zero attached hydrogens (tertiary/aromatic N) is 1. The van der Waals surface area contributed by atoms with E-state index in [1.807, 2.05) is 25.2 Å². The second-order valence-electron chi connectivity index (χ2n) is 6.64. The van der Waals surface area contributed by atoms with Crippen molar-refractivity contribution in [2.45, 2.75) is 32.0 Å². The van der Waals surface area contributed by atoms with E-state index in [1.165, 1.54) is 24.6 Å². The lowest BCUT2D eigenvalue weighted by Crippen LogP contribution is -2.30. The smallest absolute Gasteiger partial charge is 0.416 e. The lowest BCUT2D eigenvalue weighted by Gasteiger charge is -2.28.